The zero-order chi connectivity index (χ0) is 37.1. The van der Waals surface area contributed by atoms with Crippen molar-refractivity contribution < 1.29 is 38.2 Å². The lowest BCUT2D eigenvalue weighted by molar-refractivity contribution is -0.889. The molecule has 296 valence electrons. The molecule has 0 aliphatic carbocycles. The Kier molecular flexibility index (Phi) is 33.3. The number of nitrogens with zero attached hydrogens (tertiary/aromatic N) is 1. The summed E-state index contributed by atoms with van der Waals surface area (Å²) in [7, 11) is 5.41. The van der Waals surface area contributed by atoms with E-state index in [4.69, 9.17) is 14.2 Å². The van der Waals surface area contributed by atoms with Crippen molar-refractivity contribution in [2.45, 2.75) is 212 Å². The maximum atomic E-state index is 12.7. The second-order valence-electron chi connectivity index (χ2n) is 15.6. The first-order chi connectivity index (χ1) is 24.1. The van der Waals surface area contributed by atoms with Gasteiger partial charge in [0.2, 0.25) is 0 Å². The van der Waals surface area contributed by atoms with Crippen molar-refractivity contribution in [2.24, 2.45) is 0 Å². The first-order valence-electron chi connectivity index (χ1n) is 21.1. The normalized spacial score (nSPS) is 12.9. The molecular formula is C42H81NO7. The number of rotatable bonds is 38. The summed E-state index contributed by atoms with van der Waals surface area (Å²) in [6.45, 7) is 4.64. The van der Waals surface area contributed by atoms with Gasteiger partial charge in [-0.3, -0.25) is 9.59 Å². The fourth-order valence-electron chi connectivity index (χ4n) is 6.42. The molecule has 0 spiro atoms. The van der Waals surface area contributed by atoms with E-state index in [9.17, 15) is 19.5 Å². The number of likely N-dealkylation sites (N-methyl/N-ethyl adjacent to an activating group) is 1. The van der Waals surface area contributed by atoms with Gasteiger partial charge in [0.25, 0.3) is 0 Å². The van der Waals surface area contributed by atoms with Gasteiger partial charge in [-0.25, -0.2) is 0 Å². The van der Waals surface area contributed by atoms with Gasteiger partial charge >= 0.3 is 11.9 Å². The summed E-state index contributed by atoms with van der Waals surface area (Å²) in [6.07, 6.45) is 32.8. The van der Waals surface area contributed by atoms with Crippen LogP contribution in [0.4, 0.5) is 0 Å². The van der Waals surface area contributed by atoms with Crippen LogP contribution < -0.4 is 5.11 Å². The minimum absolute atomic E-state index is 0.0482. The molecule has 0 saturated heterocycles. The summed E-state index contributed by atoms with van der Waals surface area (Å²) < 4.78 is 17.1. The number of carboxylic acids is 1. The quantitative estimate of drug-likeness (QED) is 0.0357. The lowest BCUT2D eigenvalue weighted by atomic mass is 10.0. The number of hydrogen-bond donors (Lipinski definition) is 0. The summed E-state index contributed by atoms with van der Waals surface area (Å²) in [5.41, 5.74) is 0. The number of quaternary nitrogens is 1. The Bertz CT molecular complexity index is 797. The minimum Gasteiger partial charge on any atom is -0.544 e. The van der Waals surface area contributed by atoms with Gasteiger partial charge in [0.15, 0.2) is 6.10 Å². The molecule has 2 unspecified atom stereocenters. The number of esters is 2. The highest BCUT2D eigenvalue weighted by Crippen LogP contribution is 2.16. The van der Waals surface area contributed by atoms with Crippen LogP contribution in [0.2, 0.25) is 0 Å². The zero-order valence-electron chi connectivity index (χ0n) is 33.6. The zero-order valence-corrected chi connectivity index (χ0v) is 33.6. The van der Waals surface area contributed by atoms with Crippen LogP contribution in [0.3, 0.4) is 0 Å². The molecule has 0 heterocycles. The van der Waals surface area contributed by atoms with Crippen molar-refractivity contribution in [2.75, 3.05) is 41.0 Å². The maximum absolute atomic E-state index is 12.7. The topological polar surface area (TPSA) is 102 Å². The molecule has 0 aromatic heterocycles. The van der Waals surface area contributed by atoms with Crippen molar-refractivity contribution in [3.05, 3.63) is 0 Å². The molecule has 0 saturated carbocycles. The molecule has 0 aliphatic rings. The van der Waals surface area contributed by atoms with Crippen LogP contribution in [0.25, 0.3) is 0 Å². The number of carboxylic acid groups (broad SMARTS) is 1. The number of carbonyl (C=O) groups excluding carboxylic acids is 3. The summed E-state index contributed by atoms with van der Waals surface area (Å²) >= 11 is 0. The van der Waals surface area contributed by atoms with Crippen LogP contribution in [0.15, 0.2) is 0 Å². The van der Waals surface area contributed by atoms with Crippen LogP contribution in [0, 0.1) is 0 Å². The molecule has 0 amide bonds. The number of unbranched alkanes of at least 4 members (excludes halogenated alkanes) is 24. The van der Waals surface area contributed by atoms with Crippen molar-refractivity contribution in [3.8, 4) is 0 Å². The third kappa shape index (κ3) is 32.3. The molecule has 50 heavy (non-hydrogen) atoms. The van der Waals surface area contributed by atoms with E-state index in [1.165, 1.54) is 128 Å². The molecule has 0 aromatic rings. The summed E-state index contributed by atoms with van der Waals surface area (Å²) in [5, 5.41) is 11.6. The Hall–Kier alpha value is -1.67. The maximum Gasteiger partial charge on any atom is 0.306 e. The molecule has 0 fully saturated rings. The van der Waals surface area contributed by atoms with Gasteiger partial charge in [0.1, 0.15) is 12.6 Å². The molecule has 0 N–H and O–H groups in total. The number of hydrogen-bond acceptors (Lipinski definition) is 7. The van der Waals surface area contributed by atoms with Gasteiger partial charge in [-0.05, 0) is 12.8 Å². The molecule has 0 aliphatic heterocycles. The van der Waals surface area contributed by atoms with Gasteiger partial charge < -0.3 is 28.6 Å². The number of aliphatic carboxylic acids is 1. The van der Waals surface area contributed by atoms with Gasteiger partial charge in [-0.2, -0.15) is 0 Å². The van der Waals surface area contributed by atoms with E-state index in [0.717, 1.165) is 38.5 Å². The lowest BCUT2D eigenvalue weighted by Crippen LogP contribution is -2.55. The van der Waals surface area contributed by atoms with E-state index in [0.29, 0.717) is 12.8 Å². The van der Waals surface area contributed by atoms with Gasteiger partial charge in [-0.1, -0.05) is 168 Å². The van der Waals surface area contributed by atoms with Crippen LogP contribution in [0.1, 0.15) is 200 Å². The Morgan fingerprint density at radius 2 is 0.880 bits per heavy atom. The third-order valence-electron chi connectivity index (χ3n) is 9.74. The second-order valence-corrected chi connectivity index (χ2v) is 15.6. The van der Waals surface area contributed by atoms with Crippen LogP contribution in [-0.4, -0.2) is 75.5 Å². The largest absolute Gasteiger partial charge is 0.544 e. The second kappa shape index (κ2) is 34.4. The predicted octanol–water partition coefficient (Wildman–Crippen LogP) is 9.64. The standard InChI is InChI=1S/C42H81NO7/c1-6-8-10-12-14-15-16-17-18-19-20-21-22-23-24-25-27-29-31-33-41(45)50-38(36-48-35-34-39(42(46)47)43(3,4)5)37-49-40(44)32-30-28-26-13-11-9-7-2/h38-39H,6-37H2,1-5H3. The van der Waals surface area contributed by atoms with E-state index in [2.05, 4.69) is 13.8 Å². The summed E-state index contributed by atoms with van der Waals surface area (Å²) in [5.74, 6) is -1.73. The summed E-state index contributed by atoms with van der Waals surface area (Å²) in [4.78, 5) is 36.6. The Morgan fingerprint density at radius 3 is 1.24 bits per heavy atom. The van der Waals surface area contributed by atoms with Crippen LogP contribution in [0.5, 0.6) is 0 Å². The number of carbonyl (C=O) groups is 3. The van der Waals surface area contributed by atoms with E-state index in [1.54, 1.807) is 21.1 Å². The third-order valence-corrected chi connectivity index (χ3v) is 9.74. The first kappa shape index (κ1) is 48.3. The average Bonchev–Trinajstić information content (AvgIpc) is 3.06. The fourth-order valence-corrected chi connectivity index (χ4v) is 6.42. The molecule has 2 atom stereocenters. The molecule has 0 radical (unpaired) electrons. The van der Waals surface area contributed by atoms with Gasteiger partial charge in [-0.15, -0.1) is 0 Å². The lowest BCUT2D eigenvalue weighted by Gasteiger charge is -2.34. The van der Waals surface area contributed by atoms with E-state index in [1.807, 2.05) is 0 Å². The molecule has 0 bridgehead atoms. The Morgan fingerprint density at radius 1 is 0.520 bits per heavy atom. The Labute approximate surface area is 308 Å². The highest BCUT2D eigenvalue weighted by atomic mass is 16.6. The van der Waals surface area contributed by atoms with Crippen molar-refractivity contribution in [1.82, 2.24) is 0 Å². The highest BCUT2D eigenvalue weighted by molar-refractivity contribution is 5.70. The molecular weight excluding hydrogens is 630 g/mol. The van der Waals surface area contributed by atoms with Crippen molar-refractivity contribution in [3.63, 3.8) is 0 Å². The highest BCUT2D eigenvalue weighted by Gasteiger charge is 2.25. The fraction of sp³-hybridized carbons (Fsp3) is 0.929. The first-order valence-corrected chi connectivity index (χ1v) is 21.1. The van der Waals surface area contributed by atoms with Gasteiger partial charge in [0, 0.05) is 19.3 Å². The Balaban J connectivity index is 4.19. The van der Waals surface area contributed by atoms with E-state index in [-0.39, 0.29) is 42.7 Å². The molecule has 8 nitrogen and oxygen atoms in total. The van der Waals surface area contributed by atoms with E-state index >= 15 is 0 Å². The minimum atomic E-state index is -1.12. The summed E-state index contributed by atoms with van der Waals surface area (Å²) in [6, 6.07) is -0.717. The molecule has 0 aromatic carbocycles. The van der Waals surface area contributed by atoms with Crippen molar-refractivity contribution >= 4 is 17.9 Å². The van der Waals surface area contributed by atoms with Gasteiger partial charge in [0.05, 0.1) is 40.3 Å². The van der Waals surface area contributed by atoms with E-state index < -0.39 is 18.1 Å². The van der Waals surface area contributed by atoms with Crippen molar-refractivity contribution in [1.29, 1.82) is 0 Å². The van der Waals surface area contributed by atoms with Crippen LogP contribution in [-0.2, 0) is 28.6 Å². The number of ether oxygens (including phenoxy) is 3. The predicted molar refractivity (Wildman–Crippen MR) is 204 cm³/mol. The monoisotopic (exact) mass is 712 g/mol. The SMILES string of the molecule is CCCCCCCCCCCCCCCCCCCCCC(=O)OC(COCCC(C(=O)[O-])[N+](C)(C)C)COC(=O)CCCCCCCCC. The van der Waals surface area contributed by atoms with Crippen LogP contribution >= 0.6 is 0 Å². The average molecular weight is 712 g/mol. The smallest absolute Gasteiger partial charge is 0.306 e. The molecule has 8 heteroatoms. The molecule has 0 rings (SSSR count).